The van der Waals surface area contributed by atoms with Gasteiger partial charge in [-0.1, -0.05) is 0 Å². The van der Waals surface area contributed by atoms with E-state index in [1.54, 1.807) is 0 Å². The number of carbonyl (C=O) groups excluding carboxylic acids is 2. The van der Waals surface area contributed by atoms with Crippen LogP contribution in [0.5, 0.6) is 0 Å². The quantitative estimate of drug-likeness (QED) is 0.264. The summed E-state index contributed by atoms with van der Waals surface area (Å²) in [5.74, 6) is -1.54. The van der Waals surface area contributed by atoms with Gasteiger partial charge in [0.25, 0.3) is 11.4 Å². The van der Waals surface area contributed by atoms with Crippen LogP contribution in [-0.4, -0.2) is 77.4 Å². The minimum Gasteiger partial charge on any atom is -0.465 e. The first-order valence-electron chi connectivity index (χ1n) is 11.5. The predicted molar refractivity (Wildman–Crippen MR) is 140 cm³/mol. The zero-order chi connectivity index (χ0) is 29.8. The smallest absolute Gasteiger partial charge is 0.338 e. The summed E-state index contributed by atoms with van der Waals surface area (Å²) in [6.45, 7) is 0.480. The van der Waals surface area contributed by atoms with Gasteiger partial charge in [0, 0.05) is 37.4 Å². The van der Waals surface area contributed by atoms with Gasteiger partial charge in [-0.25, -0.2) is 26.4 Å². The highest BCUT2D eigenvalue weighted by molar-refractivity contribution is 7.93. The maximum Gasteiger partial charge on any atom is 0.338 e. The first-order chi connectivity index (χ1) is 18.7. The van der Waals surface area contributed by atoms with Gasteiger partial charge >= 0.3 is 11.9 Å². The summed E-state index contributed by atoms with van der Waals surface area (Å²) < 4.78 is 58.5. The molecule has 0 bridgehead atoms. The van der Waals surface area contributed by atoms with Gasteiger partial charge in [0.2, 0.25) is 20.0 Å². The van der Waals surface area contributed by atoms with E-state index in [9.17, 15) is 46.7 Å². The zero-order valence-corrected chi connectivity index (χ0v) is 22.8. The Morgan fingerprint density at radius 2 is 1.05 bits per heavy atom. The van der Waals surface area contributed by atoms with Crippen LogP contribution in [0, 0.1) is 20.2 Å². The number of esters is 2. The molecule has 0 saturated carbocycles. The summed E-state index contributed by atoms with van der Waals surface area (Å²) in [6.07, 6.45) is 0.886. The van der Waals surface area contributed by atoms with Crippen LogP contribution in [0.3, 0.4) is 0 Å². The molecule has 0 unspecified atom stereocenters. The molecule has 2 aliphatic heterocycles. The average Bonchev–Trinajstić information content (AvgIpc) is 3.46. The van der Waals surface area contributed by atoms with Crippen LogP contribution >= 0.6 is 0 Å². The van der Waals surface area contributed by atoms with Crippen LogP contribution in [0.15, 0.2) is 36.4 Å². The molecule has 2 fully saturated rings. The van der Waals surface area contributed by atoms with E-state index >= 15 is 0 Å². The largest absolute Gasteiger partial charge is 0.465 e. The van der Waals surface area contributed by atoms with Gasteiger partial charge in [0.05, 0.1) is 58.1 Å². The fraction of sp³-hybridized carbons (Fsp3) is 0.364. The molecule has 2 aromatic carbocycles. The summed E-state index contributed by atoms with van der Waals surface area (Å²) in [7, 11) is -4.65. The van der Waals surface area contributed by atoms with Gasteiger partial charge in [-0.05, 0) is 25.0 Å². The molecule has 216 valence electrons. The molecule has 0 aromatic heterocycles. The number of carbonyl (C=O) groups is 2. The second-order valence-electron chi connectivity index (χ2n) is 8.46. The Bertz CT molecular complexity index is 1460. The second kappa shape index (κ2) is 11.8. The topological polar surface area (TPSA) is 214 Å². The number of nitro benzene ring substituents is 2. The molecule has 18 heteroatoms. The first kappa shape index (κ1) is 30.2. The standard InChI is InChI=1S/2C11H12N2O6S/c2*1-19-11(14)8-5-9(7-10(6-8)13(15)16)12-3-2-4-20(12,17)18/h2*5-7H,2-4H2,1H3. The number of nitro groups is 2. The van der Waals surface area contributed by atoms with Gasteiger partial charge in [0.15, 0.2) is 0 Å². The van der Waals surface area contributed by atoms with E-state index in [2.05, 4.69) is 9.47 Å². The number of hydrogen-bond donors (Lipinski definition) is 0. The molecule has 4 rings (SSSR count). The van der Waals surface area contributed by atoms with Crippen LogP contribution in [0.2, 0.25) is 0 Å². The van der Waals surface area contributed by atoms with Crippen LogP contribution < -0.4 is 8.61 Å². The Balaban J connectivity index is 0.000000220. The summed E-state index contributed by atoms with van der Waals surface area (Å²) in [5, 5.41) is 21.8. The van der Waals surface area contributed by atoms with E-state index < -0.39 is 41.8 Å². The van der Waals surface area contributed by atoms with Gasteiger partial charge < -0.3 is 9.47 Å². The zero-order valence-electron chi connectivity index (χ0n) is 21.2. The molecule has 0 aliphatic carbocycles. The summed E-state index contributed by atoms with van der Waals surface area (Å²) in [6, 6.07) is 6.93. The van der Waals surface area contributed by atoms with Crippen LogP contribution in [-0.2, 0) is 29.5 Å². The van der Waals surface area contributed by atoms with E-state index in [1.165, 1.54) is 12.1 Å². The number of benzene rings is 2. The van der Waals surface area contributed by atoms with Crippen molar-refractivity contribution in [2.75, 3.05) is 47.4 Å². The molecule has 2 aliphatic rings. The number of rotatable bonds is 6. The Morgan fingerprint density at radius 3 is 1.30 bits per heavy atom. The van der Waals surface area contributed by atoms with Gasteiger partial charge in [-0.3, -0.25) is 28.8 Å². The fourth-order valence-electron chi connectivity index (χ4n) is 4.02. The van der Waals surface area contributed by atoms with Crippen molar-refractivity contribution < 1.29 is 45.7 Å². The van der Waals surface area contributed by atoms with E-state index in [0.717, 1.165) is 47.1 Å². The van der Waals surface area contributed by atoms with E-state index in [1.807, 2.05) is 0 Å². The van der Waals surface area contributed by atoms with Crippen molar-refractivity contribution >= 4 is 54.7 Å². The van der Waals surface area contributed by atoms with Crippen molar-refractivity contribution in [3.8, 4) is 0 Å². The third-order valence-corrected chi connectivity index (χ3v) is 9.58. The number of ether oxygens (including phenoxy) is 2. The maximum atomic E-state index is 11.8. The van der Waals surface area contributed by atoms with E-state index in [-0.39, 0.29) is 58.5 Å². The number of hydrogen-bond acceptors (Lipinski definition) is 12. The first-order valence-corrected chi connectivity index (χ1v) is 14.7. The lowest BCUT2D eigenvalue weighted by Crippen LogP contribution is -2.25. The van der Waals surface area contributed by atoms with Gasteiger partial charge in [-0.2, -0.15) is 0 Å². The Kier molecular flexibility index (Phi) is 8.93. The highest BCUT2D eigenvalue weighted by Crippen LogP contribution is 2.30. The van der Waals surface area contributed by atoms with Crippen molar-refractivity contribution in [2.24, 2.45) is 0 Å². The molecule has 40 heavy (non-hydrogen) atoms. The lowest BCUT2D eigenvalue weighted by Gasteiger charge is -2.17. The molecule has 2 heterocycles. The molecular formula is C22H24N4O12S2. The molecule has 2 saturated heterocycles. The maximum absolute atomic E-state index is 11.8. The number of sulfonamides is 2. The Morgan fingerprint density at radius 1 is 0.700 bits per heavy atom. The molecule has 0 radical (unpaired) electrons. The van der Waals surface area contributed by atoms with E-state index in [4.69, 9.17) is 0 Å². The lowest BCUT2D eigenvalue weighted by atomic mass is 10.1. The third kappa shape index (κ3) is 6.63. The van der Waals surface area contributed by atoms with Crippen LogP contribution in [0.25, 0.3) is 0 Å². The molecule has 2 aromatic rings. The fourth-order valence-corrected chi connectivity index (χ4v) is 7.12. The monoisotopic (exact) mass is 600 g/mol. The van der Waals surface area contributed by atoms with Crippen molar-refractivity contribution in [3.63, 3.8) is 0 Å². The van der Waals surface area contributed by atoms with Crippen molar-refractivity contribution in [1.82, 2.24) is 0 Å². The normalized spacial score (nSPS) is 16.9. The van der Waals surface area contributed by atoms with Crippen LogP contribution in [0.1, 0.15) is 33.6 Å². The van der Waals surface area contributed by atoms with Gasteiger partial charge in [0.1, 0.15) is 0 Å². The third-order valence-electron chi connectivity index (χ3n) is 5.84. The molecule has 16 nitrogen and oxygen atoms in total. The number of non-ortho nitro benzene ring substituents is 2. The second-order valence-corrected chi connectivity index (χ2v) is 12.5. The SMILES string of the molecule is COC(=O)c1cc(N2CCCS2(=O)=O)cc([N+](=O)[O-])c1.COC(=O)c1cc(N2CCCS2(=O)=O)cc([N+](=O)[O-])c1. The van der Waals surface area contributed by atoms with Crippen molar-refractivity contribution in [1.29, 1.82) is 0 Å². The van der Waals surface area contributed by atoms with E-state index in [0.29, 0.717) is 12.8 Å². The average molecular weight is 601 g/mol. The van der Waals surface area contributed by atoms with Crippen molar-refractivity contribution in [3.05, 3.63) is 67.8 Å². The summed E-state index contributed by atoms with van der Waals surface area (Å²) in [4.78, 5) is 43.4. The molecular weight excluding hydrogens is 576 g/mol. The number of nitrogens with zero attached hydrogens (tertiary/aromatic N) is 4. The number of methoxy groups -OCH3 is 2. The number of anilines is 2. The minimum atomic E-state index is -3.47. The Labute approximate surface area is 228 Å². The van der Waals surface area contributed by atoms with Crippen LogP contribution in [0.4, 0.5) is 22.7 Å². The molecule has 0 atom stereocenters. The highest BCUT2D eigenvalue weighted by Gasteiger charge is 2.31. The summed E-state index contributed by atoms with van der Waals surface area (Å²) in [5.41, 5.74) is -0.609. The Hall–Kier alpha value is -4.32. The molecule has 0 N–H and O–H groups in total. The highest BCUT2D eigenvalue weighted by atomic mass is 32.2. The molecule has 0 amide bonds. The predicted octanol–water partition coefficient (Wildman–Crippen LogP) is 1.84. The molecule has 0 spiro atoms. The summed E-state index contributed by atoms with van der Waals surface area (Å²) >= 11 is 0. The van der Waals surface area contributed by atoms with Crippen molar-refractivity contribution in [2.45, 2.75) is 12.8 Å². The van der Waals surface area contributed by atoms with Gasteiger partial charge in [-0.15, -0.1) is 0 Å². The minimum absolute atomic E-state index is 0.0107. The lowest BCUT2D eigenvalue weighted by molar-refractivity contribution is -0.385.